The second kappa shape index (κ2) is 9.03. The van der Waals surface area contributed by atoms with Crippen molar-refractivity contribution in [2.75, 3.05) is 17.9 Å². The number of aryl methyl sites for hydroxylation is 1. The van der Waals surface area contributed by atoms with E-state index in [2.05, 4.69) is 17.2 Å². The molecule has 2 aromatic heterocycles. The summed E-state index contributed by atoms with van der Waals surface area (Å²) in [5.74, 6) is 1.58. The Labute approximate surface area is 193 Å². The van der Waals surface area contributed by atoms with Crippen molar-refractivity contribution in [3.05, 3.63) is 76.5 Å². The Bertz CT molecular complexity index is 1380. The third-order valence-electron chi connectivity index (χ3n) is 5.26. The van der Waals surface area contributed by atoms with Crippen LogP contribution in [0.5, 0.6) is 11.5 Å². The molecule has 1 aliphatic rings. The number of amides is 1. The number of rotatable bonds is 7. The van der Waals surface area contributed by atoms with E-state index in [0.29, 0.717) is 33.3 Å². The SMILES string of the molecule is CCc1cccc(NC(=O)CSc2nc3cc4c(cc3c(=O)n2Cc2ccco2)OCO4)c1. The normalized spacial score (nSPS) is 12.3. The third-order valence-corrected chi connectivity index (χ3v) is 6.24. The molecule has 2 aromatic carbocycles. The van der Waals surface area contributed by atoms with Crippen LogP contribution in [0.4, 0.5) is 5.69 Å². The van der Waals surface area contributed by atoms with Gasteiger partial charge in [0.25, 0.3) is 5.56 Å². The van der Waals surface area contributed by atoms with Crippen molar-refractivity contribution >= 4 is 34.3 Å². The lowest BCUT2D eigenvalue weighted by Gasteiger charge is -2.13. The topological polar surface area (TPSA) is 95.6 Å². The van der Waals surface area contributed by atoms with Gasteiger partial charge in [0.15, 0.2) is 16.7 Å². The predicted octanol–water partition coefficient (Wildman–Crippen LogP) is 4.06. The first-order valence-electron chi connectivity index (χ1n) is 10.5. The third kappa shape index (κ3) is 4.45. The summed E-state index contributed by atoms with van der Waals surface area (Å²) in [6, 6.07) is 14.6. The molecule has 0 bridgehead atoms. The molecule has 0 fully saturated rings. The standard InChI is InChI=1S/C24H21N3O5S/c1-2-15-5-3-6-16(9-15)25-22(28)13-33-24-26-19-11-21-20(31-14-32-21)10-18(19)23(29)27(24)12-17-7-4-8-30-17/h3-11H,2,12-14H2,1H3,(H,25,28). The monoisotopic (exact) mass is 463 g/mol. The molecule has 3 heterocycles. The van der Waals surface area contributed by atoms with Gasteiger partial charge in [-0.3, -0.25) is 14.2 Å². The Morgan fingerprint density at radius 3 is 2.79 bits per heavy atom. The summed E-state index contributed by atoms with van der Waals surface area (Å²) >= 11 is 1.19. The summed E-state index contributed by atoms with van der Waals surface area (Å²) in [7, 11) is 0. The number of anilines is 1. The van der Waals surface area contributed by atoms with E-state index >= 15 is 0 Å². The Hall–Kier alpha value is -3.72. The van der Waals surface area contributed by atoms with E-state index in [1.165, 1.54) is 16.3 Å². The van der Waals surface area contributed by atoms with E-state index in [1.807, 2.05) is 24.3 Å². The lowest BCUT2D eigenvalue weighted by molar-refractivity contribution is -0.113. The average Bonchev–Trinajstić information content (AvgIpc) is 3.50. The summed E-state index contributed by atoms with van der Waals surface area (Å²) < 4.78 is 17.8. The summed E-state index contributed by atoms with van der Waals surface area (Å²) in [6.45, 7) is 2.37. The van der Waals surface area contributed by atoms with Gasteiger partial charge in [-0.1, -0.05) is 30.8 Å². The van der Waals surface area contributed by atoms with E-state index in [4.69, 9.17) is 13.9 Å². The maximum Gasteiger partial charge on any atom is 0.262 e. The first-order valence-corrected chi connectivity index (χ1v) is 11.5. The van der Waals surface area contributed by atoms with E-state index in [-0.39, 0.29) is 30.6 Å². The molecule has 1 amide bonds. The maximum atomic E-state index is 13.4. The van der Waals surface area contributed by atoms with Crippen LogP contribution in [0, 0.1) is 0 Å². The molecule has 0 radical (unpaired) electrons. The molecule has 168 valence electrons. The Morgan fingerprint density at radius 1 is 1.15 bits per heavy atom. The lowest BCUT2D eigenvalue weighted by atomic mass is 10.1. The number of hydrogen-bond acceptors (Lipinski definition) is 7. The number of ether oxygens (including phenoxy) is 2. The van der Waals surface area contributed by atoms with Crippen molar-refractivity contribution in [2.45, 2.75) is 25.0 Å². The van der Waals surface area contributed by atoms with Crippen LogP contribution in [0.1, 0.15) is 18.2 Å². The van der Waals surface area contributed by atoms with Crippen LogP contribution in [0.2, 0.25) is 0 Å². The van der Waals surface area contributed by atoms with Crippen molar-refractivity contribution in [1.82, 2.24) is 9.55 Å². The predicted molar refractivity (Wildman–Crippen MR) is 125 cm³/mol. The van der Waals surface area contributed by atoms with E-state index in [9.17, 15) is 9.59 Å². The lowest BCUT2D eigenvalue weighted by Crippen LogP contribution is -2.24. The van der Waals surface area contributed by atoms with Crippen LogP contribution in [0.25, 0.3) is 10.9 Å². The summed E-state index contributed by atoms with van der Waals surface area (Å²) in [5, 5.41) is 3.74. The zero-order chi connectivity index (χ0) is 22.8. The molecule has 9 heteroatoms. The first kappa shape index (κ1) is 21.1. The fourth-order valence-electron chi connectivity index (χ4n) is 3.59. The number of furan rings is 1. The van der Waals surface area contributed by atoms with Gasteiger partial charge in [0.1, 0.15) is 5.76 Å². The van der Waals surface area contributed by atoms with Crippen LogP contribution in [-0.2, 0) is 17.8 Å². The Morgan fingerprint density at radius 2 is 2.00 bits per heavy atom. The highest BCUT2D eigenvalue weighted by atomic mass is 32.2. The highest BCUT2D eigenvalue weighted by molar-refractivity contribution is 7.99. The number of fused-ring (bicyclic) bond motifs is 2. The van der Waals surface area contributed by atoms with Gasteiger partial charge >= 0.3 is 0 Å². The number of carbonyl (C=O) groups is 1. The first-order chi connectivity index (χ1) is 16.1. The fourth-order valence-corrected chi connectivity index (χ4v) is 4.39. The molecule has 0 spiro atoms. The van der Waals surface area contributed by atoms with Gasteiger partial charge in [-0.05, 0) is 42.3 Å². The summed E-state index contributed by atoms with van der Waals surface area (Å²) in [6.07, 6.45) is 2.44. The minimum atomic E-state index is -0.242. The smallest absolute Gasteiger partial charge is 0.262 e. The number of hydrogen-bond donors (Lipinski definition) is 1. The molecule has 0 unspecified atom stereocenters. The molecule has 0 aliphatic carbocycles. The molecule has 1 aliphatic heterocycles. The molecular formula is C24H21N3O5S. The van der Waals surface area contributed by atoms with Gasteiger partial charge in [0.2, 0.25) is 12.7 Å². The van der Waals surface area contributed by atoms with Gasteiger partial charge in [-0.25, -0.2) is 4.98 Å². The molecule has 0 saturated heterocycles. The number of aromatic nitrogens is 2. The molecule has 0 saturated carbocycles. The van der Waals surface area contributed by atoms with E-state index in [1.54, 1.807) is 30.5 Å². The van der Waals surface area contributed by atoms with Gasteiger partial charge in [0.05, 0.1) is 29.5 Å². The zero-order valence-corrected chi connectivity index (χ0v) is 18.7. The number of thioether (sulfide) groups is 1. The van der Waals surface area contributed by atoms with Crippen molar-refractivity contribution in [3.63, 3.8) is 0 Å². The Kier molecular flexibility index (Phi) is 5.78. The molecule has 0 atom stereocenters. The number of nitrogens with one attached hydrogen (secondary N) is 1. The molecule has 1 N–H and O–H groups in total. The number of nitrogens with zero attached hydrogens (tertiary/aromatic N) is 2. The molecule has 5 rings (SSSR count). The highest BCUT2D eigenvalue weighted by Gasteiger charge is 2.20. The van der Waals surface area contributed by atoms with Crippen molar-refractivity contribution in [3.8, 4) is 11.5 Å². The summed E-state index contributed by atoms with van der Waals surface area (Å²) in [4.78, 5) is 30.6. The number of benzene rings is 2. The van der Waals surface area contributed by atoms with E-state index < -0.39 is 0 Å². The van der Waals surface area contributed by atoms with Crippen LogP contribution in [0.15, 0.2) is 69.2 Å². The molecule has 8 nitrogen and oxygen atoms in total. The second-order valence-corrected chi connectivity index (χ2v) is 8.42. The number of carbonyl (C=O) groups excluding carboxylic acids is 1. The van der Waals surface area contributed by atoms with Crippen molar-refractivity contribution in [1.29, 1.82) is 0 Å². The maximum absolute atomic E-state index is 13.4. The molecule has 33 heavy (non-hydrogen) atoms. The highest BCUT2D eigenvalue weighted by Crippen LogP contribution is 2.35. The Balaban J connectivity index is 1.44. The van der Waals surface area contributed by atoms with Gasteiger partial charge in [-0.2, -0.15) is 0 Å². The van der Waals surface area contributed by atoms with Crippen LogP contribution >= 0.6 is 11.8 Å². The van der Waals surface area contributed by atoms with Gasteiger partial charge in [-0.15, -0.1) is 0 Å². The van der Waals surface area contributed by atoms with Gasteiger partial charge < -0.3 is 19.2 Å². The van der Waals surface area contributed by atoms with E-state index in [0.717, 1.165) is 17.7 Å². The zero-order valence-electron chi connectivity index (χ0n) is 17.9. The summed E-state index contributed by atoms with van der Waals surface area (Å²) in [5.41, 5.74) is 2.13. The largest absolute Gasteiger partial charge is 0.467 e. The van der Waals surface area contributed by atoms with Crippen LogP contribution in [0.3, 0.4) is 0 Å². The molecule has 4 aromatic rings. The van der Waals surface area contributed by atoms with Crippen molar-refractivity contribution in [2.24, 2.45) is 0 Å². The van der Waals surface area contributed by atoms with Crippen LogP contribution in [-0.4, -0.2) is 28.0 Å². The van der Waals surface area contributed by atoms with Gasteiger partial charge in [0, 0.05) is 11.8 Å². The second-order valence-electron chi connectivity index (χ2n) is 7.48. The fraction of sp³-hybridized carbons (Fsp3) is 0.208. The van der Waals surface area contributed by atoms with Crippen molar-refractivity contribution < 1.29 is 18.7 Å². The van der Waals surface area contributed by atoms with Crippen LogP contribution < -0.4 is 20.3 Å². The quantitative estimate of drug-likeness (QED) is 0.326. The minimum Gasteiger partial charge on any atom is -0.467 e. The minimum absolute atomic E-state index is 0.0943. The average molecular weight is 464 g/mol. The molecular weight excluding hydrogens is 442 g/mol.